The van der Waals surface area contributed by atoms with Crippen molar-refractivity contribution < 1.29 is 27.5 Å². The SMILES string of the molecule is NC(CC(=O)O)c1c(C(F)(F)F)ccc(Cl)c1F. The van der Waals surface area contributed by atoms with Crippen molar-refractivity contribution in [3.63, 3.8) is 0 Å². The highest BCUT2D eigenvalue weighted by atomic mass is 35.5. The second-order valence-corrected chi connectivity index (χ2v) is 3.93. The fraction of sp³-hybridized carbons (Fsp3) is 0.300. The van der Waals surface area contributed by atoms with E-state index in [9.17, 15) is 22.4 Å². The smallest absolute Gasteiger partial charge is 0.416 e. The molecule has 0 aromatic heterocycles. The van der Waals surface area contributed by atoms with Gasteiger partial charge in [-0.15, -0.1) is 0 Å². The number of carboxylic acid groups (broad SMARTS) is 1. The third-order valence-corrected chi connectivity index (χ3v) is 2.50. The molecular formula is C10H8ClF4NO2. The lowest BCUT2D eigenvalue weighted by atomic mass is 9.97. The number of hydrogen-bond acceptors (Lipinski definition) is 2. The lowest BCUT2D eigenvalue weighted by molar-refractivity contribution is -0.140. The lowest BCUT2D eigenvalue weighted by Gasteiger charge is -2.18. The molecular weight excluding hydrogens is 278 g/mol. The van der Waals surface area contributed by atoms with Gasteiger partial charge in [0.25, 0.3) is 0 Å². The molecule has 0 saturated heterocycles. The zero-order valence-electron chi connectivity index (χ0n) is 8.76. The Morgan fingerprint density at radius 2 is 2.00 bits per heavy atom. The van der Waals surface area contributed by atoms with E-state index >= 15 is 0 Å². The van der Waals surface area contributed by atoms with E-state index in [4.69, 9.17) is 22.4 Å². The van der Waals surface area contributed by atoms with Crippen molar-refractivity contribution in [3.8, 4) is 0 Å². The number of carboxylic acids is 1. The number of nitrogens with two attached hydrogens (primary N) is 1. The van der Waals surface area contributed by atoms with E-state index in [1.807, 2.05) is 0 Å². The molecule has 0 bridgehead atoms. The van der Waals surface area contributed by atoms with Crippen LogP contribution in [0.1, 0.15) is 23.6 Å². The van der Waals surface area contributed by atoms with Crippen LogP contribution in [0.4, 0.5) is 17.6 Å². The van der Waals surface area contributed by atoms with Gasteiger partial charge in [0.1, 0.15) is 5.82 Å². The van der Waals surface area contributed by atoms with Gasteiger partial charge in [-0.05, 0) is 12.1 Å². The monoisotopic (exact) mass is 285 g/mol. The summed E-state index contributed by atoms with van der Waals surface area (Å²) in [6, 6.07) is -0.308. The van der Waals surface area contributed by atoms with Gasteiger partial charge in [0.15, 0.2) is 0 Å². The van der Waals surface area contributed by atoms with Crippen molar-refractivity contribution in [3.05, 3.63) is 34.1 Å². The summed E-state index contributed by atoms with van der Waals surface area (Å²) in [7, 11) is 0. The lowest BCUT2D eigenvalue weighted by Crippen LogP contribution is -2.22. The van der Waals surface area contributed by atoms with Gasteiger partial charge in [-0.3, -0.25) is 4.79 Å². The molecule has 0 spiro atoms. The van der Waals surface area contributed by atoms with Crippen LogP contribution in [-0.4, -0.2) is 11.1 Å². The molecule has 1 unspecified atom stereocenters. The van der Waals surface area contributed by atoms with Crippen LogP contribution in [0, 0.1) is 5.82 Å². The van der Waals surface area contributed by atoms with Crippen molar-refractivity contribution in [1.82, 2.24) is 0 Å². The van der Waals surface area contributed by atoms with E-state index in [1.165, 1.54) is 0 Å². The third-order valence-electron chi connectivity index (χ3n) is 2.20. The van der Waals surface area contributed by atoms with Gasteiger partial charge in [-0.2, -0.15) is 13.2 Å². The minimum atomic E-state index is -4.84. The number of benzene rings is 1. The summed E-state index contributed by atoms with van der Waals surface area (Å²) in [4.78, 5) is 10.4. The maximum absolute atomic E-state index is 13.6. The number of alkyl halides is 3. The molecule has 1 aromatic carbocycles. The van der Waals surface area contributed by atoms with Crippen molar-refractivity contribution in [2.45, 2.75) is 18.6 Å². The highest BCUT2D eigenvalue weighted by Crippen LogP contribution is 2.38. The van der Waals surface area contributed by atoms with Crippen LogP contribution in [0.2, 0.25) is 5.02 Å². The van der Waals surface area contributed by atoms with E-state index in [-0.39, 0.29) is 0 Å². The first-order valence-electron chi connectivity index (χ1n) is 4.67. The summed E-state index contributed by atoms with van der Waals surface area (Å²) in [5, 5.41) is 7.94. The van der Waals surface area contributed by atoms with E-state index in [1.54, 1.807) is 0 Å². The van der Waals surface area contributed by atoms with Crippen LogP contribution >= 0.6 is 11.6 Å². The maximum Gasteiger partial charge on any atom is 0.416 e. The van der Waals surface area contributed by atoms with Gasteiger partial charge in [0, 0.05) is 11.6 Å². The quantitative estimate of drug-likeness (QED) is 0.839. The fourth-order valence-electron chi connectivity index (χ4n) is 1.47. The zero-order valence-corrected chi connectivity index (χ0v) is 9.52. The first-order chi connectivity index (χ1) is 8.14. The molecule has 0 fully saturated rings. The van der Waals surface area contributed by atoms with Crippen molar-refractivity contribution in [1.29, 1.82) is 0 Å². The Morgan fingerprint density at radius 3 is 2.44 bits per heavy atom. The van der Waals surface area contributed by atoms with E-state index < -0.39 is 46.6 Å². The molecule has 0 radical (unpaired) electrons. The topological polar surface area (TPSA) is 63.3 Å². The Morgan fingerprint density at radius 1 is 1.44 bits per heavy atom. The highest BCUT2D eigenvalue weighted by molar-refractivity contribution is 6.30. The average Bonchev–Trinajstić information content (AvgIpc) is 2.18. The average molecular weight is 286 g/mol. The predicted octanol–water partition coefficient (Wildman–Crippen LogP) is 2.97. The summed E-state index contributed by atoms with van der Waals surface area (Å²) in [6.07, 6.45) is -5.67. The molecule has 0 aliphatic rings. The van der Waals surface area contributed by atoms with E-state index in [0.717, 1.165) is 6.07 Å². The van der Waals surface area contributed by atoms with Crippen molar-refractivity contribution >= 4 is 17.6 Å². The largest absolute Gasteiger partial charge is 0.481 e. The number of rotatable bonds is 3. The molecule has 0 amide bonds. The van der Waals surface area contributed by atoms with Gasteiger partial charge in [0.2, 0.25) is 0 Å². The summed E-state index contributed by atoms with van der Waals surface area (Å²) < 4.78 is 51.5. The fourth-order valence-corrected chi connectivity index (χ4v) is 1.63. The molecule has 0 aliphatic carbocycles. The zero-order chi connectivity index (χ0) is 14.1. The molecule has 0 aliphatic heterocycles. The molecule has 18 heavy (non-hydrogen) atoms. The van der Waals surface area contributed by atoms with Crippen LogP contribution in [0.3, 0.4) is 0 Å². The minimum Gasteiger partial charge on any atom is -0.481 e. The van der Waals surface area contributed by atoms with Crippen LogP contribution in [0.15, 0.2) is 12.1 Å². The van der Waals surface area contributed by atoms with Gasteiger partial charge >= 0.3 is 12.1 Å². The number of hydrogen-bond donors (Lipinski definition) is 2. The first kappa shape index (κ1) is 14.7. The second-order valence-electron chi connectivity index (χ2n) is 3.52. The predicted molar refractivity (Wildman–Crippen MR) is 55.6 cm³/mol. The molecule has 1 atom stereocenters. The molecule has 100 valence electrons. The van der Waals surface area contributed by atoms with Crippen LogP contribution < -0.4 is 5.73 Å². The van der Waals surface area contributed by atoms with E-state index in [0.29, 0.717) is 6.07 Å². The van der Waals surface area contributed by atoms with Crippen LogP contribution in [-0.2, 0) is 11.0 Å². The number of carbonyl (C=O) groups is 1. The Balaban J connectivity index is 3.38. The Kier molecular flexibility index (Phi) is 4.18. The van der Waals surface area contributed by atoms with Crippen LogP contribution in [0.5, 0.6) is 0 Å². The first-order valence-corrected chi connectivity index (χ1v) is 5.05. The molecule has 8 heteroatoms. The Bertz CT molecular complexity index is 476. The van der Waals surface area contributed by atoms with Gasteiger partial charge in [-0.25, -0.2) is 4.39 Å². The van der Waals surface area contributed by atoms with Crippen molar-refractivity contribution in [2.75, 3.05) is 0 Å². The molecule has 3 N–H and O–H groups in total. The van der Waals surface area contributed by atoms with Gasteiger partial charge in [-0.1, -0.05) is 11.6 Å². The normalized spacial score (nSPS) is 13.4. The van der Waals surface area contributed by atoms with Gasteiger partial charge in [0.05, 0.1) is 17.0 Å². The summed E-state index contributed by atoms with van der Waals surface area (Å²) in [5.41, 5.74) is 3.03. The molecule has 1 aromatic rings. The Labute approximate surface area is 104 Å². The molecule has 0 saturated carbocycles. The molecule has 1 rings (SSSR count). The standard InChI is InChI=1S/C10H8ClF4NO2/c11-5-2-1-4(10(13,14)15)8(9(5)12)6(16)3-7(17)18/h1-2,6H,3,16H2,(H,17,18). The van der Waals surface area contributed by atoms with Crippen molar-refractivity contribution in [2.24, 2.45) is 5.73 Å². The third kappa shape index (κ3) is 3.11. The molecule has 0 heterocycles. The second kappa shape index (κ2) is 5.11. The minimum absolute atomic E-state index is 0.543. The summed E-state index contributed by atoms with van der Waals surface area (Å²) in [6.45, 7) is 0. The van der Waals surface area contributed by atoms with Crippen LogP contribution in [0.25, 0.3) is 0 Å². The Hall–Kier alpha value is -1.34. The van der Waals surface area contributed by atoms with Gasteiger partial charge < -0.3 is 10.8 Å². The molecule has 3 nitrogen and oxygen atoms in total. The summed E-state index contributed by atoms with van der Waals surface area (Å²) in [5.74, 6) is -2.78. The highest BCUT2D eigenvalue weighted by Gasteiger charge is 2.37. The maximum atomic E-state index is 13.6. The summed E-state index contributed by atoms with van der Waals surface area (Å²) >= 11 is 5.37. The van der Waals surface area contributed by atoms with E-state index in [2.05, 4.69) is 0 Å². The number of halogens is 5. The number of aliphatic carboxylic acids is 1.